The Morgan fingerprint density at radius 2 is 1.50 bits per heavy atom. The zero-order valence-corrected chi connectivity index (χ0v) is 15.0. The predicted octanol–water partition coefficient (Wildman–Crippen LogP) is 0.00889. The molecule has 0 fully saturated rings. The maximum absolute atomic E-state index is 13.2. The third-order valence-corrected chi connectivity index (χ3v) is 6.07. The average Bonchev–Trinajstić information content (AvgIpc) is 2.46. The molecule has 0 amide bonds. The van der Waals surface area contributed by atoms with Gasteiger partial charge in [0.25, 0.3) is 0 Å². The molecule has 1 aromatic rings. The van der Waals surface area contributed by atoms with Gasteiger partial charge in [-0.3, -0.25) is 10.6 Å². The summed E-state index contributed by atoms with van der Waals surface area (Å²) in [5.41, 5.74) is 0. The SMILES string of the molecule is CN[C](NC)[C@H](NC)C([N+](C)(C)C)S(=O)(=O)c1ccccc1. The van der Waals surface area contributed by atoms with Crippen molar-refractivity contribution in [2.24, 2.45) is 0 Å². The molecule has 6 nitrogen and oxygen atoms in total. The molecular weight excluding hydrogens is 300 g/mol. The highest BCUT2D eigenvalue weighted by atomic mass is 32.2. The molecule has 0 bridgehead atoms. The van der Waals surface area contributed by atoms with E-state index in [1.165, 1.54) is 0 Å². The maximum Gasteiger partial charge on any atom is 0.233 e. The van der Waals surface area contributed by atoms with Crippen LogP contribution in [0.5, 0.6) is 0 Å². The Morgan fingerprint density at radius 3 is 1.86 bits per heavy atom. The number of rotatable bonds is 8. The van der Waals surface area contributed by atoms with E-state index in [9.17, 15) is 8.42 Å². The van der Waals surface area contributed by atoms with Crippen molar-refractivity contribution in [1.82, 2.24) is 16.0 Å². The van der Waals surface area contributed by atoms with Gasteiger partial charge >= 0.3 is 0 Å². The van der Waals surface area contributed by atoms with Crippen LogP contribution in [0.15, 0.2) is 35.2 Å². The fourth-order valence-corrected chi connectivity index (χ4v) is 4.94. The minimum Gasteiger partial charge on any atom is -0.314 e. The topological polar surface area (TPSA) is 70.2 Å². The molecule has 0 aliphatic carbocycles. The lowest BCUT2D eigenvalue weighted by Gasteiger charge is -2.40. The summed E-state index contributed by atoms with van der Waals surface area (Å²) in [6.45, 7) is 0. The summed E-state index contributed by atoms with van der Waals surface area (Å²) >= 11 is 0. The minimum atomic E-state index is -3.53. The van der Waals surface area contributed by atoms with Crippen LogP contribution >= 0.6 is 0 Å². The Kier molecular flexibility index (Phi) is 6.51. The average molecular weight is 328 g/mol. The second-order valence-electron chi connectivity index (χ2n) is 6.04. The molecule has 125 valence electrons. The van der Waals surface area contributed by atoms with E-state index in [1.807, 2.05) is 27.2 Å². The van der Waals surface area contributed by atoms with Crippen LogP contribution in [-0.2, 0) is 9.84 Å². The van der Waals surface area contributed by atoms with Gasteiger partial charge in [0.1, 0.15) is 12.2 Å². The molecule has 0 aromatic heterocycles. The lowest BCUT2D eigenvalue weighted by Crippen LogP contribution is -2.64. The smallest absolute Gasteiger partial charge is 0.233 e. The first-order chi connectivity index (χ1) is 10.2. The van der Waals surface area contributed by atoms with E-state index >= 15 is 0 Å². The molecule has 0 saturated heterocycles. The first-order valence-corrected chi connectivity index (χ1v) is 8.74. The Hall–Kier alpha value is -0.990. The standard InChI is InChI=1S/C15H28N4O2S/c1-16-13(14(17-2)18-3)15(19(4,5)6)22(20,21)12-10-8-7-9-11-12/h7-11,13,15-18H,1-6H3/q+1/t13-,15?/m0/s1. The fraction of sp³-hybridized carbons (Fsp3) is 0.533. The zero-order chi connectivity index (χ0) is 17.0. The zero-order valence-electron chi connectivity index (χ0n) is 14.2. The van der Waals surface area contributed by atoms with Crippen LogP contribution in [0.1, 0.15) is 0 Å². The number of hydrogen-bond donors (Lipinski definition) is 3. The van der Waals surface area contributed by atoms with E-state index in [-0.39, 0.29) is 10.5 Å². The molecule has 3 N–H and O–H groups in total. The van der Waals surface area contributed by atoms with Gasteiger partial charge in [-0.1, -0.05) is 18.2 Å². The molecule has 22 heavy (non-hydrogen) atoms. The van der Waals surface area contributed by atoms with Crippen molar-refractivity contribution in [2.45, 2.75) is 16.3 Å². The highest BCUT2D eigenvalue weighted by molar-refractivity contribution is 7.92. The van der Waals surface area contributed by atoms with E-state index in [0.29, 0.717) is 4.90 Å². The normalized spacial score (nSPS) is 15.8. The number of nitrogens with one attached hydrogen (secondary N) is 3. The van der Waals surface area contributed by atoms with Crippen molar-refractivity contribution < 1.29 is 12.9 Å². The van der Waals surface area contributed by atoms with Crippen LogP contribution in [0.25, 0.3) is 0 Å². The van der Waals surface area contributed by atoms with E-state index in [2.05, 4.69) is 16.0 Å². The summed E-state index contributed by atoms with van der Waals surface area (Å²) in [5, 5.41) is 8.54. The van der Waals surface area contributed by atoms with Gasteiger partial charge in [-0.2, -0.15) is 0 Å². The maximum atomic E-state index is 13.2. The van der Waals surface area contributed by atoms with Gasteiger partial charge in [0.2, 0.25) is 15.2 Å². The molecule has 0 aliphatic rings. The third-order valence-electron chi connectivity index (χ3n) is 3.60. The van der Waals surface area contributed by atoms with Crippen LogP contribution in [-0.4, -0.2) is 66.6 Å². The first kappa shape index (κ1) is 19.1. The number of quaternary nitrogens is 1. The second kappa shape index (κ2) is 7.52. The van der Waals surface area contributed by atoms with Gasteiger partial charge in [-0.05, 0) is 33.3 Å². The Bertz CT molecular complexity index is 551. The number of likely N-dealkylation sites (N-methyl/N-ethyl adjacent to an activating group) is 4. The van der Waals surface area contributed by atoms with Gasteiger partial charge in [0.15, 0.2) is 0 Å². The Labute approximate surface area is 134 Å². The minimum absolute atomic E-state index is 0.273. The van der Waals surface area contributed by atoms with Gasteiger partial charge in [-0.15, -0.1) is 0 Å². The van der Waals surface area contributed by atoms with Crippen LogP contribution in [0.2, 0.25) is 0 Å². The molecule has 1 aromatic carbocycles. The lowest BCUT2D eigenvalue weighted by atomic mass is 10.2. The molecule has 1 unspecified atom stereocenters. The molecular formula is C15H28N4O2S+. The molecule has 0 heterocycles. The van der Waals surface area contributed by atoms with Gasteiger partial charge in [0.05, 0.1) is 26.0 Å². The highest BCUT2D eigenvalue weighted by Gasteiger charge is 2.47. The summed E-state index contributed by atoms with van der Waals surface area (Å²) in [7, 11) is 7.45. The summed E-state index contributed by atoms with van der Waals surface area (Å²) < 4.78 is 26.7. The molecule has 7 heteroatoms. The largest absolute Gasteiger partial charge is 0.314 e. The van der Waals surface area contributed by atoms with Crippen molar-refractivity contribution in [3.8, 4) is 0 Å². The number of sulfone groups is 1. The second-order valence-corrected chi connectivity index (χ2v) is 8.09. The van der Waals surface area contributed by atoms with Crippen LogP contribution < -0.4 is 16.0 Å². The number of hydrogen-bond acceptors (Lipinski definition) is 5. The van der Waals surface area contributed by atoms with E-state index in [1.54, 1.807) is 45.4 Å². The number of benzene rings is 1. The molecule has 0 aliphatic heterocycles. The molecule has 2 atom stereocenters. The Balaban J connectivity index is 3.41. The quantitative estimate of drug-likeness (QED) is 0.587. The van der Waals surface area contributed by atoms with Crippen molar-refractivity contribution >= 4 is 9.84 Å². The Morgan fingerprint density at radius 1 is 1.00 bits per heavy atom. The molecule has 0 saturated carbocycles. The van der Waals surface area contributed by atoms with E-state index in [0.717, 1.165) is 6.17 Å². The summed E-state index contributed by atoms with van der Waals surface area (Å²) in [6, 6.07) is 8.20. The summed E-state index contributed by atoms with van der Waals surface area (Å²) in [5.74, 6) is 0. The fourth-order valence-electron chi connectivity index (χ4n) is 2.66. The number of nitrogens with zero attached hydrogens (tertiary/aromatic N) is 1. The van der Waals surface area contributed by atoms with E-state index in [4.69, 9.17) is 0 Å². The van der Waals surface area contributed by atoms with Crippen LogP contribution in [0.3, 0.4) is 0 Å². The third kappa shape index (κ3) is 4.05. The predicted molar refractivity (Wildman–Crippen MR) is 89.7 cm³/mol. The first-order valence-electron chi connectivity index (χ1n) is 7.19. The molecule has 0 spiro atoms. The van der Waals surface area contributed by atoms with Gasteiger partial charge < -0.3 is 9.80 Å². The van der Waals surface area contributed by atoms with Crippen molar-refractivity contribution in [2.75, 3.05) is 42.3 Å². The van der Waals surface area contributed by atoms with Crippen molar-refractivity contribution in [3.63, 3.8) is 0 Å². The van der Waals surface area contributed by atoms with Gasteiger partial charge in [-0.25, -0.2) is 8.42 Å². The van der Waals surface area contributed by atoms with Gasteiger partial charge in [0, 0.05) is 0 Å². The summed E-state index contributed by atoms with van der Waals surface area (Å²) in [6.07, 6.45) is 0.736. The monoisotopic (exact) mass is 328 g/mol. The summed E-state index contributed by atoms with van der Waals surface area (Å²) in [4.78, 5) is 0.333. The highest BCUT2D eigenvalue weighted by Crippen LogP contribution is 2.25. The molecule has 1 radical (unpaired) electrons. The van der Waals surface area contributed by atoms with E-state index < -0.39 is 15.2 Å². The van der Waals surface area contributed by atoms with Crippen molar-refractivity contribution in [1.29, 1.82) is 0 Å². The lowest BCUT2D eigenvalue weighted by molar-refractivity contribution is -0.882. The molecule has 1 rings (SSSR count). The van der Waals surface area contributed by atoms with Crippen LogP contribution in [0, 0.1) is 6.17 Å². The van der Waals surface area contributed by atoms with Crippen LogP contribution in [0.4, 0.5) is 0 Å². The van der Waals surface area contributed by atoms with Crippen molar-refractivity contribution in [3.05, 3.63) is 36.5 Å².